The largest absolute Gasteiger partial charge is 0.350 e. The summed E-state index contributed by atoms with van der Waals surface area (Å²) in [5, 5.41) is 3.92. The van der Waals surface area contributed by atoms with Crippen LogP contribution in [0.25, 0.3) is 0 Å². The number of nitrogens with zero attached hydrogens (tertiary/aromatic N) is 2. The first-order valence-electron chi connectivity index (χ1n) is 3.50. The van der Waals surface area contributed by atoms with E-state index in [1.807, 2.05) is 19.9 Å². The van der Waals surface area contributed by atoms with Gasteiger partial charge in [-0.25, -0.2) is 4.79 Å². The normalized spacial score (nSPS) is 10.0. The molecule has 1 amide bonds. The maximum atomic E-state index is 10.7. The SMILES string of the molecule is CCc1cc(C)nn1C(N)=O. The van der Waals surface area contributed by atoms with Gasteiger partial charge < -0.3 is 5.73 Å². The lowest BCUT2D eigenvalue weighted by atomic mass is 10.3. The van der Waals surface area contributed by atoms with Crippen LogP contribution in [0.1, 0.15) is 18.3 Å². The molecule has 4 heteroatoms. The number of hydrogen-bond acceptors (Lipinski definition) is 2. The fourth-order valence-electron chi connectivity index (χ4n) is 0.996. The third kappa shape index (κ3) is 1.39. The van der Waals surface area contributed by atoms with E-state index in [0.717, 1.165) is 17.8 Å². The molecule has 2 N–H and O–H groups in total. The standard InChI is InChI=1S/C7H11N3O/c1-3-6-4-5(2)9-10(6)7(8)11/h4H,3H2,1-2H3,(H2,8,11). The first-order chi connectivity index (χ1) is 5.15. The van der Waals surface area contributed by atoms with Crippen molar-refractivity contribution in [3.05, 3.63) is 17.5 Å². The van der Waals surface area contributed by atoms with Gasteiger partial charge in [0.2, 0.25) is 0 Å². The summed E-state index contributed by atoms with van der Waals surface area (Å²) < 4.78 is 1.23. The summed E-state index contributed by atoms with van der Waals surface area (Å²) in [6.45, 7) is 3.79. The van der Waals surface area contributed by atoms with Crippen molar-refractivity contribution in [1.29, 1.82) is 0 Å². The number of nitrogens with two attached hydrogens (primary N) is 1. The summed E-state index contributed by atoms with van der Waals surface area (Å²) in [7, 11) is 0. The highest BCUT2D eigenvalue weighted by Crippen LogP contribution is 2.02. The minimum atomic E-state index is -0.519. The molecule has 0 bridgehead atoms. The van der Waals surface area contributed by atoms with Gasteiger partial charge in [-0.1, -0.05) is 6.92 Å². The van der Waals surface area contributed by atoms with Crippen LogP contribution < -0.4 is 5.73 Å². The van der Waals surface area contributed by atoms with E-state index in [1.54, 1.807) is 0 Å². The highest BCUT2D eigenvalue weighted by Gasteiger charge is 2.06. The Morgan fingerprint density at radius 1 is 1.82 bits per heavy atom. The molecule has 0 radical (unpaired) electrons. The van der Waals surface area contributed by atoms with Crippen molar-refractivity contribution in [2.24, 2.45) is 5.73 Å². The number of hydrogen-bond donors (Lipinski definition) is 1. The van der Waals surface area contributed by atoms with Crippen molar-refractivity contribution >= 4 is 6.03 Å². The summed E-state index contributed by atoms with van der Waals surface area (Å²) in [4.78, 5) is 10.7. The van der Waals surface area contributed by atoms with Gasteiger partial charge in [-0.15, -0.1) is 0 Å². The highest BCUT2D eigenvalue weighted by molar-refractivity contribution is 5.74. The van der Waals surface area contributed by atoms with E-state index in [9.17, 15) is 4.79 Å². The van der Waals surface area contributed by atoms with Crippen LogP contribution in [0, 0.1) is 6.92 Å². The second kappa shape index (κ2) is 2.74. The molecule has 0 unspecified atom stereocenters. The zero-order valence-corrected chi connectivity index (χ0v) is 6.66. The molecule has 1 aromatic heterocycles. The van der Waals surface area contributed by atoms with Crippen LogP contribution >= 0.6 is 0 Å². The number of carbonyl (C=O) groups excluding carboxylic acids is 1. The van der Waals surface area contributed by atoms with Crippen LogP contribution in [0.4, 0.5) is 4.79 Å². The smallest absolute Gasteiger partial charge is 0.339 e. The lowest BCUT2D eigenvalue weighted by Crippen LogP contribution is -2.22. The van der Waals surface area contributed by atoms with E-state index in [2.05, 4.69) is 5.10 Å². The molecule has 1 aromatic rings. The molecule has 4 nitrogen and oxygen atoms in total. The van der Waals surface area contributed by atoms with Gasteiger partial charge in [0, 0.05) is 5.69 Å². The minimum absolute atomic E-state index is 0.519. The predicted molar refractivity (Wildman–Crippen MR) is 41.3 cm³/mol. The van der Waals surface area contributed by atoms with Crippen molar-refractivity contribution in [1.82, 2.24) is 9.78 Å². The number of carbonyl (C=O) groups is 1. The van der Waals surface area contributed by atoms with Crippen LogP contribution in [-0.4, -0.2) is 15.8 Å². The lowest BCUT2D eigenvalue weighted by Gasteiger charge is -1.97. The number of rotatable bonds is 1. The fraction of sp³-hybridized carbons (Fsp3) is 0.429. The molecule has 0 aliphatic heterocycles. The topological polar surface area (TPSA) is 60.9 Å². The fourth-order valence-corrected chi connectivity index (χ4v) is 0.996. The number of amides is 1. The lowest BCUT2D eigenvalue weighted by molar-refractivity contribution is 0.247. The summed E-state index contributed by atoms with van der Waals surface area (Å²) in [5.74, 6) is 0. The maximum absolute atomic E-state index is 10.7. The molecule has 0 aromatic carbocycles. The van der Waals surface area contributed by atoms with Gasteiger partial charge in [0.1, 0.15) is 0 Å². The second-order valence-corrected chi connectivity index (χ2v) is 2.38. The summed E-state index contributed by atoms with van der Waals surface area (Å²) in [6.07, 6.45) is 0.768. The molecule has 0 aliphatic rings. The number of aryl methyl sites for hydroxylation is 2. The van der Waals surface area contributed by atoms with Crippen LogP contribution in [-0.2, 0) is 6.42 Å². The van der Waals surface area contributed by atoms with Crippen LogP contribution in [0.15, 0.2) is 6.07 Å². The molecule has 0 spiro atoms. The van der Waals surface area contributed by atoms with E-state index in [0.29, 0.717) is 0 Å². The van der Waals surface area contributed by atoms with Crippen molar-refractivity contribution in [2.45, 2.75) is 20.3 Å². The van der Waals surface area contributed by atoms with E-state index in [4.69, 9.17) is 5.73 Å². The van der Waals surface area contributed by atoms with Crippen LogP contribution in [0.2, 0.25) is 0 Å². The molecule has 0 saturated heterocycles. The maximum Gasteiger partial charge on any atom is 0.339 e. The van der Waals surface area contributed by atoms with Gasteiger partial charge in [-0.2, -0.15) is 9.78 Å². The number of aromatic nitrogens is 2. The van der Waals surface area contributed by atoms with Gasteiger partial charge in [0.25, 0.3) is 0 Å². The molecular weight excluding hydrogens is 142 g/mol. The molecular formula is C7H11N3O. The first kappa shape index (κ1) is 7.78. The van der Waals surface area contributed by atoms with Gasteiger partial charge in [0.15, 0.2) is 0 Å². The molecule has 0 aliphatic carbocycles. The molecule has 0 fully saturated rings. The Labute approximate surface area is 65.0 Å². The van der Waals surface area contributed by atoms with Crippen LogP contribution in [0.5, 0.6) is 0 Å². The highest BCUT2D eigenvalue weighted by atomic mass is 16.2. The van der Waals surface area contributed by atoms with E-state index in [-0.39, 0.29) is 0 Å². The van der Waals surface area contributed by atoms with Gasteiger partial charge in [-0.3, -0.25) is 0 Å². The quantitative estimate of drug-likeness (QED) is 0.645. The zero-order chi connectivity index (χ0) is 8.43. The van der Waals surface area contributed by atoms with E-state index < -0.39 is 6.03 Å². The molecule has 60 valence electrons. The minimum Gasteiger partial charge on any atom is -0.350 e. The summed E-state index contributed by atoms with van der Waals surface area (Å²) in [6, 6.07) is 1.33. The molecule has 0 atom stereocenters. The Morgan fingerprint density at radius 3 is 2.82 bits per heavy atom. The molecule has 1 heterocycles. The average Bonchev–Trinajstić information content (AvgIpc) is 2.30. The van der Waals surface area contributed by atoms with E-state index in [1.165, 1.54) is 4.68 Å². The van der Waals surface area contributed by atoms with Gasteiger partial charge >= 0.3 is 6.03 Å². The molecule has 0 saturated carbocycles. The van der Waals surface area contributed by atoms with Gasteiger partial charge in [-0.05, 0) is 19.4 Å². The van der Waals surface area contributed by atoms with Gasteiger partial charge in [0.05, 0.1) is 5.69 Å². The van der Waals surface area contributed by atoms with Crippen molar-refractivity contribution < 1.29 is 4.79 Å². The summed E-state index contributed by atoms with van der Waals surface area (Å²) >= 11 is 0. The number of primary amides is 1. The molecule has 1 rings (SSSR count). The zero-order valence-electron chi connectivity index (χ0n) is 6.66. The Bertz CT molecular complexity index is 277. The summed E-state index contributed by atoms with van der Waals surface area (Å²) in [5.41, 5.74) is 6.74. The molecule has 11 heavy (non-hydrogen) atoms. The Morgan fingerprint density at radius 2 is 2.45 bits per heavy atom. The Balaban J connectivity index is 3.12. The van der Waals surface area contributed by atoms with Crippen molar-refractivity contribution in [3.8, 4) is 0 Å². The second-order valence-electron chi connectivity index (χ2n) is 2.38. The first-order valence-corrected chi connectivity index (χ1v) is 3.50. The predicted octanol–water partition coefficient (Wildman–Crippen LogP) is 0.681. The third-order valence-corrected chi connectivity index (χ3v) is 1.48. The Kier molecular flexibility index (Phi) is 1.94. The average molecular weight is 153 g/mol. The third-order valence-electron chi connectivity index (χ3n) is 1.48. The monoisotopic (exact) mass is 153 g/mol. The van der Waals surface area contributed by atoms with E-state index >= 15 is 0 Å². The van der Waals surface area contributed by atoms with Crippen molar-refractivity contribution in [2.75, 3.05) is 0 Å². The van der Waals surface area contributed by atoms with Crippen LogP contribution in [0.3, 0.4) is 0 Å². The Hall–Kier alpha value is -1.32. The van der Waals surface area contributed by atoms with Crippen molar-refractivity contribution in [3.63, 3.8) is 0 Å².